The Kier molecular flexibility index (Phi) is 3.96. The third kappa shape index (κ3) is 2.40. The SMILES string of the molecule is CCCNS(=O)(=O)c1sc2cccc(Cl)c2c1C. The molecular formula is C12H14ClNO2S2. The summed E-state index contributed by atoms with van der Waals surface area (Å²) in [5.74, 6) is 0. The second-order valence-electron chi connectivity index (χ2n) is 4.03. The van der Waals surface area contributed by atoms with Crippen molar-refractivity contribution >= 4 is 43.0 Å². The Hall–Kier alpha value is -0.620. The van der Waals surface area contributed by atoms with Crippen LogP contribution < -0.4 is 4.72 Å². The lowest BCUT2D eigenvalue weighted by atomic mass is 10.2. The van der Waals surface area contributed by atoms with Crippen molar-refractivity contribution in [2.45, 2.75) is 24.5 Å². The Morgan fingerprint density at radius 2 is 2.11 bits per heavy atom. The molecule has 18 heavy (non-hydrogen) atoms. The van der Waals surface area contributed by atoms with Crippen LogP contribution in [0.25, 0.3) is 10.1 Å². The average molecular weight is 304 g/mol. The second-order valence-corrected chi connectivity index (χ2v) is 7.45. The van der Waals surface area contributed by atoms with Gasteiger partial charge in [-0.3, -0.25) is 0 Å². The van der Waals surface area contributed by atoms with Gasteiger partial charge in [-0.25, -0.2) is 13.1 Å². The molecule has 98 valence electrons. The minimum Gasteiger partial charge on any atom is -0.210 e. The first-order chi connectivity index (χ1) is 8.47. The molecule has 0 aliphatic heterocycles. The zero-order chi connectivity index (χ0) is 13.3. The molecule has 0 radical (unpaired) electrons. The Labute approximate surface area is 116 Å². The van der Waals surface area contributed by atoms with Crippen molar-refractivity contribution in [1.82, 2.24) is 4.72 Å². The number of rotatable bonds is 4. The minimum atomic E-state index is -3.42. The van der Waals surface area contributed by atoms with Crippen LogP contribution in [0.2, 0.25) is 5.02 Å². The van der Waals surface area contributed by atoms with E-state index < -0.39 is 10.0 Å². The summed E-state index contributed by atoms with van der Waals surface area (Å²) in [6.07, 6.45) is 0.768. The van der Waals surface area contributed by atoms with E-state index in [1.165, 1.54) is 11.3 Å². The van der Waals surface area contributed by atoms with Crippen LogP contribution in [-0.2, 0) is 10.0 Å². The smallest absolute Gasteiger partial charge is 0.210 e. The minimum absolute atomic E-state index is 0.360. The number of hydrogen-bond acceptors (Lipinski definition) is 3. The molecule has 1 aromatic carbocycles. The van der Waals surface area contributed by atoms with Gasteiger partial charge in [-0.05, 0) is 31.0 Å². The van der Waals surface area contributed by atoms with Crippen LogP contribution in [0.1, 0.15) is 18.9 Å². The number of benzene rings is 1. The fourth-order valence-corrected chi connectivity index (χ4v) is 5.12. The van der Waals surface area contributed by atoms with Crippen LogP contribution in [0.15, 0.2) is 22.4 Å². The van der Waals surface area contributed by atoms with E-state index in [-0.39, 0.29) is 0 Å². The highest BCUT2D eigenvalue weighted by Crippen LogP contribution is 2.37. The lowest BCUT2D eigenvalue weighted by Crippen LogP contribution is -2.24. The van der Waals surface area contributed by atoms with Crippen molar-refractivity contribution in [3.63, 3.8) is 0 Å². The molecule has 6 heteroatoms. The number of halogens is 1. The first kappa shape index (κ1) is 13.8. The van der Waals surface area contributed by atoms with Gasteiger partial charge in [-0.15, -0.1) is 11.3 Å². The molecular weight excluding hydrogens is 290 g/mol. The molecule has 2 aromatic rings. The summed E-state index contributed by atoms with van der Waals surface area (Å²) in [7, 11) is -3.42. The van der Waals surface area contributed by atoms with E-state index in [1.807, 2.05) is 19.1 Å². The fraction of sp³-hybridized carbons (Fsp3) is 0.333. The van der Waals surface area contributed by atoms with E-state index in [1.54, 1.807) is 13.0 Å². The van der Waals surface area contributed by atoms with E-state index in [2.05, 4.69) is 4.72 Å². The highest BCUT2D eigenvalue weighted by Gasteiger charge is 2.21. The first-order valence-corrected chi connectivity index (χ1v) is 8.32. The summed E-state index contributed by atoms with van der Waals surface area (Å²) >= 11 is 7.38. The summed E-state index contributed by atoms with van der Waals surface area (Å²) in [6, 6.07) is 5.49. The topological polar surface area (TPSA) is 46.2 Å². The summed E-state index contributed by atoms with van der Waals surface area (Å²) in [5.41, 5.74) is 0.726. The molecule has 0 spiro atoms. The van der Waals surface area contributed by atoms with Crippen molar-refractivity contribution in [1.29, 1.82) is 0 Å². The van der Waals surface area contributed by atoms with Crippen LogP contribution in [-0.4, -0.2) is 15.0 Å². The van der Waals surface area contributed by atoms with Crippen LogP contribution >= 0.6 is 22.9 Å². The van der Waals surface area contributed by atoms with Crippen LogP contribution in [0, 0.1) is 6.92 Å². The highest BCUT2D eigenvalue weighted by atomic mass is 35.5. The fourth-order valence-electron chi connectivity index (χ4n) is 1.79. The summed E-state index contributed by atoms with van der Waals surface area (Å²) in [5, 5.41) is 1.43. The largest absolute Gasteiger partial charge is 0.250 e. The van der Waals surface area contributed by atoms with Crippen molar-refractivity contribution < 1.29 is 8.42 Å². The summed E-state index contributed by atoms with van der Waals surface area (Å²) in [4.78, 5) is 0. The highest BCUT2D eigenvalue weighted by molar-refractivity contribution is 7.91. The maximum absolute atomic E-state index is 12.1. The van der Waals surface area contributed by atoms with E-state index in [9.17, 15) is 8.42 Å². The third-order valence-electron chi connectivity index (χ3n) is 2.65. The summed E-state index contributed by atoms with van der Waals surface area (Å²) < 4.78 is 28.1. The first-order valence-electron chi connectivity index (χ1n) is 5.64. The van der Waals surface area contributed by atoms with Gasteiger partial charge in [0.15, 0.2) is 0 Å². The second kappa shape index (κ2) is 5.17. The zero-order valence-corrected chi connectivity index (χ0v) is 12.5. The van der Waals surface area contributed by atoms with Gasteiger partial charge < -0.3 is 0 Å². The number of aryl methyl sites for hydroxylation is 1. The van der Waals surface area contributed by atoms with Crippen molar-refractivity contribution in [3.8, 4) is 0 Å². The molecule has 0 atom stereocenters. The Morgan fingerprint density at radius 1 is 1.39 bits per heavy atom. The van der Waals surface area contributed by atoms with Gasteiger partial charge in [-0.2, -0.15) is 0 Å². The Bertz CT molecular complexity index is 677. The molecule has 0 aliphatic rings. The van der Waals surface area contributed by atoms with Gasteiger partial charge in [-0.1, -0.05) is 24.6 Å². The maximum Gasteiger partial charge on any atom is 0.250 e. The monoisotopic (exact) mass is 303 g/mol. The zero-order valence-electron chi connectivity index (χ0n) is 10.2. The van der Waals surface area contributed by atoms with Gasteiger partial charge in [0, 0.05) is 21.7 Å². The van der Waals surface area contributed by atoms with Crippen molar-refractivity contribution in [2.24, 2.45) is 0 Å². The van der Waals surface area contributed by atoms with Crippen molar-refractivity contribution in [2.75, 3.05) is 6.54 Å². The Morgan fingerprint density at radius 3 is 2.72 bits per heavy atom. The van der Waals surface area contributed by atoms with Crippen LogP contribution in [0.4, 0.5) is 0 Å². The molecule has 0 saturated carbocycles. The normalized spacial score (nSPS) is 12.2. The quantitative estimate of drug-likeness (QED) is 0.939. The lowest BCUT2D eigenvalue weighted by Gasteiger charge is -2.04. The molecule has 0 fully saturated rings. The van der Waals surface area contributed by atoms with Crippen LogP contribution in [0.3, 0.4) is 0 Å². The molecule has 0 unspecified atom stereocenters. The predicted octanol–water partition coefficient (Wildman–Crippen LogP) is 3.55. The van der Waals surface area contributed by atoms with E-state index in [0.717, 1.165) is 22.1 Å². The van der Waals surface area contributed by atoms with Gasteiger partial charge >= 0.3 is 0 Å². The number of hydrogen-bond donors (Lipinski definition) is 1. The molecule has 1 N–H and O–H groups in total. The van der Waals surface area contributed by atoms with Gasteiger partial charge in [0.25, 0.3) is 0 Å². The van der Waals surface area contributed by atoms with Gasteiger partial charge in [0.1, 0.15) is 4.21 Å². The summed E-state index contributed by atoms with van der Waals surface area (Å²) in [6.45, 7) is 4.17. The molecule has 3 nitrogen and oxygen atoms in total. The standard InChI is InChI=1S/C12H14ClNO2S2/c1-3-7-14-18(15,16)12-8(2)11-9(13)5-4-6-10(11)17-12/h4-6,14H,3,7H2,1-2H3. The van der Waals surface area contributed by atoms with E-state index in [4.69, 9.17) is 11.6 Å². The molecule has 0 bridgehead atoms. The lowest BCUT2D eigenvalue weighted by molar-refractivity contribution is 0.582. The van der Waals surface area contributed by atoms with Crippen molar-refractivity contribution in [3.05, 3.63) is 28.8 Å². The number of nitrogens with one attached hydrogen (secondary N) is 1. The van der Waals surface area contributed by atoms with Gasteiger partial charge in [0.05, 0.1) is 0 Å². The molecule has 2 rings (SSSR count). The molecule has 0 saturated heterocycles. The molecule has 0 aliphatic carbocycles. The average Bonchev–Trinajstić information content (AvgIpc) is 2.66. The van der Waals surface area contributed by atoms with Gasteiger partial charge in [0.2, 0.25) is 10.0 Å². The number of fused-ring (bicyclic) bond motifs is 1. The van der Waals surface area contributed by atoms with E-state index >= 15 is 0 Å². The number of thiophene rings is 1. The Balaban J connectivity index is 2.60. The molecule has 0 amide bonds. The third-order valence-corrected chi connectivity index (χ3v) is 6.30. The van der Waals surface area contributed by atoms with E-state index in [0.29, 0.717) is 15.8 Å². The van der Waals surface area contributed by atoms with Crippen LogP contribution in [0.5, 0.6) is 0 Å². The number of sulfonamides is 1. The molecule has 1 aromatic heterocycles. The predicted molar refractivity (Wildman–Crippen MR) is 77.1 cm³/mol. The maximum atomic E-state index is 12.1. The molecule has 1 heterocycles.